The number of halogens is 2. The number of rotatable bonds is 9. The van der Waals surface area contributed by atoms with Gasteiger partial charge in [0.1, 0.15) is 0 Å². The highest BCUT2D eigenvalue weighted by molar-refractivity contribution is 9.10. The fraction of sp³-hybridized carbons (Fsp3) is 0.625. The van der Waals surface area contributed by atoms with Crippen LogP contribution in [0.15, 0.2) is 22.7 Å². The zero-order valence-corrected chi connectivity index (χ0v) is 14.0. The number of unbranched alkanes of at least 4 members (excludes halogenated alkanes) is 6. The molecule has 0 bridgehead atoms. The molecule has 0 saturated carbocycles. The lowest BCUT2D eigenvalue weighted by atomic mass is 10.0. The van der Waals surface area contributed by atoms with Crippen LogP contribution in [0.2, 0.25) is 5.02 Å². The Hall–Kier alpha value is -0.0500. The SMILES string of the molecule is CCCCCCCCCC(O)c1ccc(Cl)cc1Br. The summed E-state index contributed by atoms with van der Waals surface area (Å²) in [5, 5.41) is 10.9. The minimum absolute atomic E-state index is 0.387. The van der Waals surface area contributed by atoms with Gasteiger partial charge in [-0.15, -0.1) is 0 Å². The van der Waals surface area contributed by atoms with Crippen molar-refractivity contribution in [1.82, 2.24) is 0 Å². The van der Waals surface area contributed by atoms with Crippen LogP contribution >= 0.6 is 27.5 Å². The van der Waals surface area contributed by atoms with Crippen LogP contribution in [-0.4, -0.2) is 5.11 Å². The Morgan fingerprint density at radius 2 is 1.74 bits per heavy atom. The van der Waals surface area contributed by atoms with Crippen LogP contribution in [-0.2, 0) is 0 Å². The summed E-state index contributed by atoms with van der Waals surface area (Å²) in [6, 6.07) is 5.57. The van der Waals surface area contributed by atoms with Crippen LogP contribution in [0.5, 0.6) is 0 Å². The van der Waals surface area contributed by atoms with Gasteiger partial charge in [0.25, 0.3) is 0 Å². The van der Waals surface area contributed by atoms with E-state index < -0.39 is 0 Å². The van der Waals surface area contributed by atoms with Crippen LogP contribution in [0.1, 0.15) is 70.0 Å². The van der Waals surface area contributed by atoms with Gasteiger partial charge in [-0.25, -0.2) is 0 Å². The molecule has 1 rings (SSSR count). The third-order valence-electron chi connectivity index (χ3n) is 3.40. The Balaban J connectivity index is 2.22. The molecule has 0 aliphatic heterocycles. The maximum Gasteiger partial charge on any atom is 0.0801 e. The molecule has 1 nitrogen and oxygen atoms in total. The Kier molecular flexibility index (Phi) is 8.76. The van der Waals surface area contributed by atoms with Crippen LogP contribution in [0.25, 0.3) is 0 Å². The largest absolute Gasteiger partial charge is 0.388 e. The van der Waals surface area contributed by atoms with E-state index in [0.717, 1.165) is 22.9 Å². The van der Waals surface area contributed by atoms with Gasteiger partial charge in [0.05, 0.1) is 6.10 Å². The number of aliphatic hydroxyl groups is 1. The van der Waals surface area contributed by atoms with Crippen LogP contribution in [0.3, 0.4) is 0 Å². The average Bonchev–Trinajstić information content (AvgIpc) is 2.37. The lowest BCUT2D eigenvalue weighted by molar-refractivity contribution is 0.162. The van der Waals surface area contributed by atoms with Crippen molar-refractivity contribution in [3.63, 3.8) is 0 Å². The Bertz CT molecular complexity index is 368. The smallest absolute Gasteiger partial charge is 0.0801 e. The molecule has 0 aromatic heterocycles. The number of hydrogen-bond acceptors (Lipinski definition) is 1. The first kappa shape index (κ1) is 17.0. The first-order valence-corrected chi connectivity index (χ1v) is 8.45. The predicted molar refractivity (Wildman–Crippen MR) is 86.7 cm³/mol. The highest BCUT2D eigenvalue weighted by Crippen LogP contribution is 2.29. The molecule has 0 spiro atoms. The summed E-state index contributed by atoms with van der Waals surface area (Å²) in [5.74, 6) is 0. The van der Waals surface area contributed by atoms with Crippen molar-refractivity contribution < 1.29 is 5.11 Å². The van der Waals surface area contributed by atoms with Gasteiger partial charge in [-0.3, -0.25) is 0 Å². The molecule has 0 aliphatic carbocycles. The summed E-state index contributed by atoms with van der Waals surface area (Å²) in [6.07, 6.45) is 9.35. The minimum Gasteiger partial charge on any atom is -0.388 e. The van der Waals surface area contributed by atoms with E-state index >= 15 is 0 Å². The monoisotopic (exact) mass is 346 g/mol. The third-order valence-corrected chi connectivity index (χ3v) is 4.32. The van der Waals surface area contributed by atoms with Gasteiger partial charge in [0.15, 0.2) is 0 Å². The second kappa shape index (κ2) is 9.79. The zero-order chi connectivity index (χ0) is 14.1. The Labute approximate surface area is 130 Å². The van der Waals surface area contributed by atoms with Crippen molar-refractivity contribution in [1.29, 1.82) is 0 Å². The molecule has 0 saturated heterocycles. The van der Waals surface area contributed by atoms with Crippen molar-refractivity contribution in [3.05, 3.63) is 33.3 Å². The number of hydrogen-bond donors (Lipinski definition) is 1. The second-order valence-electron chi connectivity index (χ2n) is 5.09. The molecular weight excluding hydrogens is 324 g/mol. The highest BCUT2D eigenvalue weighted by atomic mass is 79.9. The molecule has 0 aliphatic rings. The molecule has 108 valence electrons. The average molecular weight is 348 g/mol. The van der Waals surface area contributed by atoms with Gasteiger partial charge < -0.3 is 5.11 Å². The first-order valence-electron chi connectivity index (χ1n) is 7.28. The van der Waals surface area contributed by atoms with Crippen molar-refractivity contribution in [3.8, 4) is 0 Å². The maximum atomic E-state index is 10.2. The van der Waals surface area contributed by atoms with E-state index in [9.17, 15) is 5.11 Å². The molecule has 1 atom stereocenters. The summed E-state index contributed by atoms with van der Waals surface area (Å²) in [5.41, 5.74) is 0.940. The van der Waals surface area contributed by atoms with Gasteiger partial charge in [-0.05, 0) is 24.1 Å². The van der Waals surface area contributed by atoms with Crippen molar-refractivity contribution >= 4 is 27.5 Å². The van der Waals surface area contributed by atoms with Crippen molar-refractivity contribution in [2.75, 3.05) is 0 Å². The quantitative estimate of drug-likeness (QED) is 0.521. The fourth-order valence-electron chi connectivity index (χ4n) is 2.22. The summed E-state index contributed by atoms with van der Waals surface area (Å²) in [6.45, 7) is 2.24. The fourth-order valence-corrected chi connectivity index (χ4v) is 3.17. The molecule has 1 aromatic rings. The molecule has 3 heteroatoms. The Morgan fingerprint density at radius 1 is 1.11 bits per heavy atom. The molecule has 0 radical (unpaired) electrons. The van der Waals surface area contributed by atoms with E-state index in [-0.39, 0.29) is 6.10 Å². The minimum atomic E-state index is -0.387. The molecule has 0 heterocycles. The molecule has 0 fully saturated rings. The van der Waals surface area contributed by atoms with Gasteiger partial charge in [0.2, 0.25) is 0 Å². The topological polar surface area (TPSA) is 20.2 Å². The predicted octanol–water partition coefficient (Wildman–Crippen LogP) is 6.28. The number of aliphatic hydroxyl groups excluding tert-OH is 1. The summed E-state index contributed by atoms with van der Waals surface area (Å²) in [4.78, 5) is 0. The highest BCUT2D eigenvalue weighted by Gasteiger charge is 2.11. The summed E-state index contributed by atoms with van der Waals surface area (Å²) >= 11 is 9.35. The van der Waals surface area contributed by atoms with Gasteiger partial charge >= 0.3 is 0 Å². The lowest BCUT2D eigenvalue weighted by Crippen LogP contribution is -1.98. The van der Waals surface area contributed by atoms with Gasteiger partial charge in [0, 0.05) is 9.50 Å². The van der Waals surface area contributed by atoms with E-state index in [1.807, 2.05) is 18.2 Å². The maximum absolute atomic E-state index is 10.2. The Morgan fingerprint density at radius 3 is 2.37 bits per heavy atom. The van der Waals surface area contributed by atoms with Crippen molar-refractivity contribution in [2.24, 2.45) is 0 Å². The lowest BCUT2D eigenvalue weighted by Gasteiger charge is -2.13. The molecule has 0 amide bonds. The summed E-state index contributed by atoms with van der Waals surface area (Å²) < 4.78 is 0.899. The summed E-state index contributed by atoms with van der Waals surface area (Å²) in [7, 11) is 0. The first-order chi connectivity index (χ1) is 9.15. The third kappa shape index (κ3) is 6.78. The molecular formula is C16H24BrClO. The normalized spacial score (nSPS) is 12.6. The molecule has 19 heavy (non-hydrogen) atoms. The van der Waals surface area contributed by atoms with Crippen LogP contribution in [0.4, 0.5) is 0 Å². The molecule has 1 N–H and O–H groups in total. The van der Waals surface area contributed by atoms with E-state index in [4.69, 9.17) is 11.6 Å². The standard InChI is InChI=1S/C16H24BrClO/c1-2-3-4-5-6-7-8-9-16(19)14-11-10-13(18)12-15(14)17/h10-12,16,19H,2-9H2,1H3. The van der Waals surface area contributed by atoms with Crippen LogP contribution in [0, 0.1) is 0 Å². The van der Waals surface area contributed by atoms with Gasteiger partial charge in [-0.1, -0.05) is 85.5 Å². The van der Waals surface area contributed by atoms with E-state index in [1.54, 1.807) is 0 Å². The van der Waals surface area contributed by atoms with Crippen LogP contribution < -0.4 is 0 Å². The van der Waals surface area contributed by atoms with E-state index in [0.29, 0.717) is 5.02 Å². The van der Waals surface area contributed by atoms with E-state index in [2.05, 4.69) is 22.9 Å². The van der Waals surface area contributed by atoms with Crippen molar-refractivity contribution in [2.45, 2.75) is 64.4 Å². The number of benzene rings is 1. The molecule has 1 unspecified atom stereocenters. The second-order valence-corrected chi connectivity index (χ2v) is 6.38. The zero-order valence-electron chi connectivity index (χ0n) is 11.7. The molecule has 1 aromatic carbocycles. The van der Waals surface area contributed by atoms with E-state index in [1.165, 1.54) is 38.5 Å². The van der Waals surface area contributed by atoms with Gasteiger partial charge in [-0.2, -0.15) is 0 Å².